The zero-order valence-corrected chi connectivity index (χ0v) is 15.8. The van der Waals surface area contributed by atoms with Gasteiger partial charge in [0.1, 0.15) is 6.61 Å². The van der Waals surface area contributed by atoms with Crippen molar-refractivity contribution in [2.24, 2.45) is 0 Å². The third kappa shape index (κ3) is 5.20. The van der Waals surface area contributed by atoms with Crippen molar-refractivity contribution in [2.75, 3.05) is 13.2 Å². The maximum atomic E-state index is 12.5. The van der Waals surface area contributed by atoms with Crippen LogP contribution in [-0.4, -0.2) is 45.5 Å². The fourth-order valence-electron chi connectivity index (χ4n) is 3.17. The summed E-state index contributed by atoms with van der Waals surface area (Å²) in [5.74, 6) is 0. The van der Waals surface area contributed by atoms with Gasteiger partial charge in [0.2, 0.25) is 5.12 Å². The molecule has 0 saturated carbocycles. The topological polar surface area (TPSA) is 59.5 Å². The van der Waals surface area contributed by atoms with Gasteiger partial charge in [-0.2, -0.15) is 0 Å². The molecule has 0 radical (unpaired) electrons. The molecule has 1 amide bonds. The SMILES string of the molecule is C=CCOC(=O)N1C[C@@H](SC(=O)c2ccccc2)C[C@H]1Cc1ccncc1. The van der Waals surface area contributed by atoms with E-state index < -0.39 is 0 Å². The summed E-state index contributed by atoms with van der Waals surface area (Å²) in [6, 6.07) is 13.1. The van der Waals surface area contributed by atoms with Gasteiger partial charge in [0.25, 0.3) is 0 Å². The summed E-state index contributed by atoms with van der Waals surface area (Å²) in [5, 5.41) is 0.0744. The predicted octanol–water partition coefficient (Wildman–Crippen LogP) is 3.96. The van der Waals surface area contributed by atoms with E-state index in [0.717, 1.165) is 12.0 Å². The van der Waals surface area contributed by atoms with Crippen molar-refractivity contribution in [2.45, 2.75) is 24.1 Å². The minimum Gasteiger partial charge on any atom is -0.445 e. The van der Waals surface area contributed by atoms with E-state index in [1.54, 1.807) is 23.4 Å². The quantitative estimate of drug-likeness (QED) is 0.708. The minimum atomic E-state index is -0.357. The number of carbonyl (C=O) groups is 2. The molecule has 2 heterocycles. The lowest BCUT2D eigenvalue weighted by Gasteiger charge is -2.23. The number of ether oxygens (including phenoxy) is 1. The van der Waals surface area contributed by atoms with Crippen LogP contribution in [0.2, 0.25) is 0 Å². The number of pyridine rings is 1. The van der Waals surface area contributed by atoms with Gasteiger partial charge < -0.3 is 9.64 Å². The van der Waals surface area contributed by atoms with E-state index in [0.29, 0.717) is 18.5 Å². The Balaban J connectivity index is 1.69. The standard InChI is InChI=1S/C21H22N2O3S/c1-2-12-26-21(25)23-15-19(27-20(24)17-6-4-3-5-7-17)14-18(23)13-16-8-10-22-11-9-16/h2-11,18-19H,1,12-15H2/t18-,19+/m1/s1. The first-order valence-corrected chi connectivity index (χ1v) is 9.74. The van der Waals surface area contributed by atoms with Crippen molar-refractivity contribution >= 4 is 23.0 Å². The summed E-state index contributed by atoms with van der Waals surface area (Å²) in [4.78, 5) is 30.7. The lowest BCUT2D eigenvalue weighted by atomic mass is 10.1. The Labute approximate surface area is 163 Å². The van der Waals surface area contributed by atoms with Crippen LogP contribution in [0.25, 0.3) is 0 Å². The van der Waals surface area contributed by atoms with Gasteiger partial charge >= 0.3 is 6.09 Å². The molecule has 0 N–H and O–H groups in total. The smallest absolute Gasteiger partial charge is 0.410 e. The highest BCUT2D eigenvalue weighted by atomic mass is 32.2. The Morgan fingerprint density at radius 1 is 1.22 bits per heavy atom. The van der Waals surface area contributed by atoms with Gasteiger partial charge in [-0.1, -0.05) is 54.7 Å². The normalized spacial score (nSPS) is 18.9. The number of benzene rings is 1. The largest absolute Gasteiger partial charge is 0.445 e. The van der Waals surface area contributed by atoms with Crippen molar-refractivity contribution < 1.29 is 14.3 Å². The van der Waals surface area contributed by atoms with Crippen LogP contribution in [0, 0.1) is 0 Å². The number of nitrogens with zero attached hydrogens (tertiary/aromatic N) is 2. The van der Waals surface area contributed by atoms with Crippen LogP contribution >= 0.6 is 11.8 Å². The number of hydrogen-bond donors (Lipinski definition) is 0. The molecule has 0 aliphatic carbocycles. The third-order valence-electron chi connectivity index (χ3n) is 4.44. The Hall–Kier alpha value is -2.60. The summed E-state index contributed by atoms with van der Waals surface area (Å²) in [5.41, 5.74) is 1.79. The molecule has 1 aromatic heterocycles. The summed E-state index contributed by atoms with van der Waals surface area (Å²) in [7, 11) is 0. The monoisotopic (exact) mass is 382 g/mol. The highest BCUT2D eigenvalue weighted by Crippen LogP contribution is 2.32. The molecular weight excluding hydrogens is 360 g/mol. The van der Waals surface area contributed by atoms with Gasteiger partial charge in [0, 0.05) is 35.8 Å². The Bertz CT molecular complexity index is 783. The maximum absolute atomic E-state index is 12.5. The van der Waals surface area contributed by atoms with Crippen LogP contribution in [-0.2, 0) is 11.2 Å². The van der Waals surface area contributed by atoms with Crippen LogP contribution in [0.4, 0.5) is 4.79 Å². The Morgan fingerprint density at radius 2 is 1.96 bits per heavy atom. The van der Waals surface area contributed by atoms with E-state index in [4.69, 9.17) is 4.74 Å². The molecule has 0 unspecified atom stereocenters. The first-order chi connectivity index (χ1) is 13.2. The number of amides is 1. The number of likely N-dealkylation sites (tertiary alicyclic amines) is 1. The van der Waals surface area contributed by atoms with E-state index in [1.807, 2.05) is 42.5 Å². The molecule has 0 spiro atoms. The minimum absolute atomic E-state index is 0.00853. The molecular formula is C21H22N2O3S. The molecule has 140 valence electrons. The van der Waals surface area contributed by atoms with Gasteiger partial charge in [-0.25, -0.2) is 4.79 Å². The molecule has 1 fully saturated rings. The van der Waals surface area contributed by atoms with Gasteiger partial charge in [0.15, 0.2) is 0 Å². The Kier molecular flexibility index (Phi) is 6.65. The van der Waals surface area contributed by atoms with Gasteiger partial charge in [-0.05, 0) is 30.5 Å². The van der Waals surface area contributed by atoms with Crippen LogP contribution < -0.4 is 0 Å². The second-order valence-electron chi connectivity index (χ2n) is 6.36. The number of rotatable bonds is 6. The van der Waals surface area contributed by atoms with E-state index in [-0.39, 0.29) is 29.1 Å². The van der Waals surface area contributed by atoms with E-state index in [2.05, 4.69) is 11.6 Å². The lowest BCUT2D eigenvalue weighted by molar-refractivity contribution is 0.107. The zero-order chi connectivity index (χ0) is 19.1. The molecule has 1 saturated heterocycles. The summed E-state index contributed by atoms with van der Waals surface area (Å²) in [6.07, 6.45) is 6.14. The van der Waals surface area contributed by atoms with Crippen LogP contribution in [0.3, 0.4) is 0 Å². The van der Waals surface area contributed by atoms with Crippen LogP contribution in [0.15, 0.2) is 67.5 Å². The van der Waals surface area contributed by atoms with Crippen molar-refractivity contribution in [1.82, 2.24) is 9.88 Å². The summed E-state index contributed by atoms with van der Waals surface area (Å²) in [6.45, 7) is 4.26. The highest BCUT2D eigenvalue weighted by molar-refractivity contribution is 8.14. The maximum Gasteiger partial charge on any atom is 0.410 e. The van der Waals surface area contributed by atoms with Crippen molar-refractivity contribution in [3.63, 3.8) is 0 Å². The molecule has 1 aliphatic heterocycles. The number of aromatic nitrogens is 1. The number of thioether (sulfide) groups is 1. The number of hydrogen-bond acceptors (Lipinski definition) is 5. The first-order valence-electron chi connectivity index (χ1n) is 8.86. The molecule has 5 nitrogen and oxygen atoms in total. The molecule has 27 heavy (non-hydrogen) atoms. The summed E-state index contributed by atoms with van der Waals surface area (Å²) >= 11 is 1.30. The molecule has 2 atom stereocenters. The van der Waals surface area contributed by atoms with E-state index >= 15 is 0 Å². The Morgan fingerprint density at radius 3 is 2.67 bits per heavy atom. The molecule has 3 rings (SSSR count). The fraction of sp³-hybridized carbons (Fsp3) is 0.286. The second kappa shape index (κ2) is 9.37. The number of carbonyl (C=O) groups excluding carboxylic acids is 2. The van der Waals surface area contributed by atoms with Gasteiger partial charge in [-0.3, -0.25) is 9.78 Å². The second-order valence-corrected chi connectivity index (χ2v) is 7.63. The fourth-order valence-corrected chi connectivity index (χ4v) is 4.30. The molecule has 6 heteroatoms. The zero-order valence-electron chi connectivity index (χ0n) is 15.0. The van der Waals surface area contributed by atoms with Gasteiger partial charge in [-0.15, -0.1) is 0 Å². The predicted molar refractivity (Wildman–Crippen MR) is 107 cm³/mol. The molecule has 0 bridgehead atoms. The van der Waals surface area contributed by atoms with E-state index in [9.17, 15) is 9.59 Å². The lowest BCUT2D eigenvalue weighted by Crippen LogP contribution is -2.37. The van der Waals surface area contributed by atoms with Crippen LogP contribution in [0.5, 0.6) is 0 Å². The average molecular weight is 382 g/mol. The van der Waals surface area contributed by atoms with Crippen molar-refractivity contribution in [1.29, 1.82) is 0 Å². The third-order valence-corrected chi connectivity index (χ3v) is 5.56. The average Bonchev–Trinajstić information content (AvgIpc) is 3.09. The summed E-state index contributed by atoms with van der Waals surface area (Å²) < 4.78 is 5.24. The first kappa shape index (κ1) is 19.2. The highest BCUT2D eigenvalue weighted by Gasteiger charge is 2.37. The molecule has 2 aromatic rings. The molecule has 1 aromatic carbocycles. The molecule has 1 aliphatic rings. The van der Waals surface area contributed by atoms with E-state index in [1.165, 1.54) is 11.8 Å². The van der Waals surface area contributed by atoms with Gasteiger partial charge in [0.05, 0.1) is 0 Å². The van der Waals surface area contributed by atoms with Crippen molar-refractivity contribution in [3.05, 3.63) is 78.6 Å². The van der Waals surface area contributed by atoms with Crippen LogP contribution in [0.1, 0.15) is 22.3 Å². The van der Waals surface area contributed by atoms with Crippen molar-refractivity contribution in [3.8, 4) is 0 Å².